The van der Waals surface area contributed by atoms with Gasteiger partial charge in [0, 0.05) is 26.2 Å². The Bertz CT molecular complexity index is 2190. The fourth-order valence-corrected chi connectivity index (χ4v) is 6.93. The van der Waals surface area contributed by atoms with Gasteiger partial charge in [0.05, 0.1) is 38.1 Å². The van der Waals surface area contributed by atoms with Gasteiger partial charge in [0.1, 0.15) is 28.1 Å². The van der Waals surface area contributed by atoms with E-state index in [0.29, 0.717) is 16.9 Å². The van der Waals surface area contributed by atoms with Crippen LogP contribution in [0.4, 0.5) is 27.3 Å². The number of sulfonamides is 1. The Kier molecular flexibility index (Phi) is 7.57. The molecule has 3 N–H and O–H groups in total. The third-order valence-corrected chi connectivity index (χ3v) is 9.63. The fourth-order valence-electron chi connectivity index (χ4n) is 5.11. The maximum atomic E-state index is 15.0. The summed E-state index contributed by atoms with van der Waals surface area (Å²) in [4.78, 5) is 15.4. The summed E-state index contributed by atoms with van der Waals surface area (Å²) in [6.07, 6.45) is 1.32. The number of aromatic nitrogens is 6. The number of rotatable bonds is 7. The standard InChI is InChI=1S/C29H23Cl2FN10O2S/c30-18-3-1-6-24(26(18)31)45(43,44)39-17-7-8-19(32)21(15-17)36-29-27-20(34-16-35-29)9-10-25(37-27)42-23-5-2-4-22(28(23)38-40-42)41-13-11-33-12-14-41/h1-10,15-16,33,39H,11-14H2,(H,34,35,36). The molecular weight excluding hydrogens is 642 g/mol. The molecule has 3 aromatic heterocycles. The summed E-state index contributed by atoms with van der Waals surface area (Å²) in [6, 6.07) is 17.4. The molecule has 228 valence electrons. The minimum absolute atomic E-state index is 0.0496. The number of nitrogens with zero attached hydrogens (tertiary/aromatic N) is 7. The van der Waals surface area contributed by atoms with Crippen molar-refractivity contribution in [3.63, 3.8) is 0 Å². The normalized spacial score (nSPS) is 13.8. The largest absolute Gasteiger partial charge is 0.367 e. The number of fused-ring (bicyclic) bond motifs is 2. The van der Waals surface area contributed by atoms with Crippen LogP contribution >= 0.6 is 23.2 Å². The molecule has 0 aliphatic carbocycles. The van der Waals surface area contributed by atoms with E-state index in [4.69, 9.17) is 28.2 Å². The van der Waals surface area contributed by atoms with Gasteiger partial charge in [-0.25, -0.2) is 27.8 Å². The van der Waals surface area contributed by atoms with E-state index >= 15 is 4.39 Å². The van der Waals surface area contributed by atoms with Crippen molar-refractivity contribution >= 4 is 78.2 Å². The Labute approximate surface area is 266 Å². The van der Waals surface area contributed by atoms with Gasteiger partial charge in [-0.2, -0.15) is 4.68 Å². The zero-order valence-electron chi connectivity index (χ0n) is 23.2. The van der Waals surface area contributed by atoms with E-state index in [2.05, 4.69) is 40.5 Å². The zero-order valence-corrected chi connectivity index (χ0v) is 25.6. The van der Waals surface area contributed by atoms with Crippen LogP contribution in [0.1, 0.15) is 0 Å². The number of nitrogens with one attached hydrogen (secondary N) is 3. The summed E-state index contributed by atoms with van der Waals surface area (Å²) in [6.45, 7) is 3.50. The van der Waals surface area contributed by atoms with E-state index < -0.39 is 15.8 Å². The molecule has 3 aromatic carbocycles. The number of anilines is 4. The highest BCUT2D eigenvalue weighted by Crippen LogP contribution is 2.32. The van der Waals surface area contributed by atoms with Gasteiger partial charge >= 0.3 is 0 Å². The molecule has 0 bridgehead atoms. The van der Waals surface area contributed by atoms with Gasteiger partial charge in [-0.3, -0.25) is 4.72 Å². The summed E-state index contributed by atoms with van der Waals surface area (Å²) in [5, 5.41) is 15.1. The van der Waals surface area contributed by atoms with Gasteiger partial charge in [0.25, 0.3) is 10.0 Å². The van der Waals surface area contributed by atoms with Crippen molar-refractivity contribution in [2.45, 2.75) is 4.90 Å². The molecule has 6 aromatic rings. The van der Waals surface area contributed by atoms with Gasteiger partial charge in [-0.1, -0.05) is 40.5 Å². The first-order valence-corrected chi connectivity index (χ1v) is 16.0. The Hall–Kier alpha value is -4.63. The predicted molar refractivity (Wildman–Crippen MR) is 172 cm³/mol. The molecule has 7 rings (SSSR count). The van der Waals surface area contributed by atoms with E-state index in [1.54, 1.807) is 16.8 Å². The molecule has 0 saturated carbocycles. The average molecular weight is 666 g/mol. The van der Waals surface area contributed by atoms with Gasteiger partial charge in [0.15, 0.2) is 11.6 Å². The zero-order chi connectivity index (χ0) is 31.1. The van der Waals surface area contributed by atoms with E-state index in [1.165, 1.54) is 36.7 Å². The molecule has 0 amide bonds. The summed E-state index contributed by atoms with van der Waals surface area (Å²) in [5.41, 5.74) is 3.39. The molecule has 45 heavy (non-hydrogen) atoms. The topological polar surface area (TPSA) is 143 Å². The highest BCUT2D eigenvalue weighted by Gasteiger charge is 2.21. The first kappa shape index (κ1) is 29.1. The summed E-state index contributed by atoms with van der Waals surface area (Å²) >= 11 is 12.1. The molecule has 1 fully saturated rings. The second-order valence-corrected chi connectivity index (χ2v) is 12.6. The molecule has 1 aliphatic heterocycles. The van der Waals surface area contributed by atoms with Crippen LogP contribution in [-0.2, 0) is 10.0 Å². The van der Waals surface area contributed by atoms with Crippen LogP contribution in [0.3, 0.4) is 0 Å². The van der Waals surface area contributed by atoms with Crippen molar-refractivity contribution in [1.82, 2.24) is 35.3 Å². The lowest BCUT2D eigenvalue weighted by Gasteiger charge is -2.29. The molecule has 0 atom stereocenters. The highest BCUT2D eigenvalue weighted by atomic mass is 35.5. The lowest BCUT2D eigenvalue weighted by Crippen LogP contribution is -2.43. The molecule has 0 radical (unpaired) electrons. The van der Waals surface area contributed by atoms with E-state index in [0.717, 1.165) is 49.0 Å². The third kappa shape index (κ3) is 5.57. The Morgan fingerprint density at radius 1 is 0.933 bits per heavy atom. The molecule has 1 saturated heterocycles. The van der Waals surface area contributed by atoms with Gasteiger partial charge < -0.3 is 15.5 Å². The van der Waals surface area contributed by atoms with E-state index in [9.17, 15) is 8.42 Å². The number of pyridine rings is 1. The Morgan fingerprint density at radius 2 is 1.76 bits per heavy atom. The van der Waals surface area contributed by atoms with Crippen LogP contribution in [-0.4, -0.2) is 64.5 Å². The molecule has 12 nitrogen and oxygen atoms in total. The monoisotopic (exact) mass is 664 g/mol. The van der Waals surface area contributed by atoms with Crippen molar-refractivity contribution in [2.75, 3.05) is 41.1 Å². The molecule has 0 spiro atoms. The smallest absolute Gasteiger partial charge is 0.263 e. The maximum absolute atomic E-state index is 15.0. The number of halogens is 3. The van der Waals surface area contributed by atoms with Gasteiger partial charge in [-0.15, -0.1) is 5.10 Å². The SMILES string of the molecule is O=S(=O)(Nc1ccc(F)c(Nc2ncnc3ccc(-n4nnc5c(N6CCNCC6)cccc54)nc23)c1)c1cccc(Cl)c1Cl. The van der Waals surface area contributed by atoms with E-state index in [1.807, 2.05) is 18.2 Å². The number of hydrogen-bond donors (Lipinski definition) is 3. The average Bonchev–Trinajstić information content (AvgIpc) is 3.49. The van der Waals surface area contributed by atoms with Crippen molar-refractivity contribution in [3.05, 3.63) is 88.9 Å². The summed E-state index contributed by atoms with van der Waals surface area (Å²) in [7, 11) is -4.14. The Morgan fingerprint density at radius 3 is 2.60 bits per heavy atom. The fraction of sp³-hybridized carbons (Fsp3) is 0.138. The van der Waals surface area contributed by atoms with Crippen LogP contribution < -0.4 is 20.3 Å². The van der Waals surface area contributed by atoms with Crippen LogP contribution in [0.5, 0.6) is 0 Å². The van der Waals surface area contributed by atoms with Crippen molar-refractivity contribution in [1.29, 1.82) is 0 Å². The van der Waals surface area contributed by atoms with Crippen LogP contribution in [0.2, 0.25) is 10.0 Å². The van der Waals surface area contributed by atoms with Crippen LogP contribution in [0.25, 0.3) is 27.9 Å². The second-order valence-electron chi connectivity index (χ2n) is 10.1. The maximum Gasteiger partial charge on any atom is 0.263 e. The van der Waals surface area contributed by atoms with Gasteiger partial charge in [-0.05, 0) is 54.6 Å². The van der Waals surface area contributed by atoms with E-state index in [-0.39, 0.29) is 32.1 Å². The molecule has 16 heteroatoms. The quantitative estimate of drug-likeness (QED) is 0.209. The third-order valence-electron chi connectivity index (χ3n) is 7.28. The molecule has 0 unspecified atom stereocenters. The number of benzene rings is 3. The summed E-state index contributed by atoms with van der Waals surface area (Å²) < 4.78 is 45.2. The minimum atomic E-state index is -4.14. The van der Waals surface area contributed by atoms with Crippen LogP contribution in [0.15, 0.2) is 78.0 Å². The van der Waals surface area contributed by atoms with Crippen molar-refractivity contribution < 1.29 is 12.8 Å². The van der Waals surface area contributed by atoms with Crippen molar-refractivity contribution in [3.8, 4) is 5.82 Å². The minimum Gasteiger partial charge on any atom is -0.367 e. The summed E-state index contributed by atoms with van der Waals surface area (Å²) in [5.74, 6) is 0.00892. The van der Waals surface area contributed by atoms with Gasteiger partial charge in [0.2, 0.25) is 0 Å². The second kappa shape index (κ2) is 11.7. The Balaban J connectivity index is 1.22. The molecular formula is C29H23Cl2FN10O2S. The lowest BCUT2D eigenvalue weighted by atomic mass is 10.2. The van der Waals surface area contributed by atoms with Crippen LogP contribution in [0, 0.1) is 5.82 Å². The molecule has 1 aliphatic rings. The lowest BCUT2D eigenvalue weighted by molar-refractivity contribution is 0.590. The predicted octanol–water partition coefficient (Wildman–Crippen LogP) is 5.16. The first-order valence-electron chi connectivity index (χ1n) is 13.7. The number of hydrogen-bond acceptors (Lipinski definition) is 10. The highest BCUT2D eigenvalue weighted by molar-refractivity contribution is 7.92. The first-order chi connectivity index (χ1) is 21.8. The number of piperazine rings is 1. The van der Waals surface area contributed by atoms with Crippen molar-refractivity contribution in [2.24, 2.45) is 0 Å². The molecule has 4 heterocycles.